The Bertz CT molecular complexity index is 1860. The van der Waals surface area contributed by atoms with E-state index in [2.05, 4.69) is 51.5 Å². The van der Waals surface area contributed by atoms with Crippen LogP contribution in [0.2, 0.25) is 10.0 Å². The maximum absolute atomic E-state index is 13.8. The summed E-state index contributed by atoms with van der Waals surface area (Å²) in [6.07, 6.45) is 8.99. The average Bonchev–Trinajstić information content (AvgIpc) is 3.64. The van der Waals surface area contributed by atoms with Gasteiger partial charge in [-0.15, -0.1) is 5.53 Å². The summed E-state index contributed by atoms with van der Waals surface area (Å²) in [6.45, 7) is 4.17. The number of rotatable bonds is 7. The third-order valence-electron chi connectivity index (χ3n) is 6.82. The second kappa shape index (κ2) is 10.8. The predicted molar refractivity (Wildman–Crippen MR) is 159 cm³/mol. The lowest BCUT2D eigenvalue weighted by atomic mass is 10.0. The Morgan fingerprint density at radius 1 is 1.07 bits per heavy atom. The molecule has 4 N–H and O–H groups in total. The van der Waals surface area contributed by atoms with Crippen molar-refractivity contribution in [2.45, 2.75) is 25.9 Å². The molecule has 1 aliphatic rings. The van der Waals surface area contributed by atoms with Gasteiger partial charge in [-0.2, -0.15) is 5.26 Å². The highest BCUT2D eigenvalue weighted by Crippen LogP contribution is 2.38. The lowest BCUT2D eigenvalue weighted by Crippen LogP contribution is -2.41. The average molecular weight is 588 g/mol. The summed E-state index contributed by atoms with van der Waals surface area (Å²) < 4.78 is 15.8. The van der Waals surface area contributed by atoms with Crippen molar-refractivity contribution in [3.05, 3.63) is 106 Å². The lowest BCUT2D eigenvalue weighted by Gasteiger charge is -2.23. The van der Waals surface area contributed by atoms with Crippen molar-refractivity contribution in [1.82, 2.24) is 30.3 Å². The van der Waals surface area contributed by atoms with Crippen LogP contribution in [0.1, 0.15) is 31.0 Å². The summed E-state index contributed by atoms with van der Waals surface area (Å²) in [6, 6.07) is 14.0. The van der Waals surface area contributed by atoms with E-state index >= 15 is 0 Å². The molecule has 9 nitrogen and oxygen atoms in total. The first-order chi connectivity index (χ1) is 19.8. The Hall–Kier alpha value is -4.56. The lowest BCUT2D eigenvalue weighted by molar-refractivity contribution is 0.221. The van der Waals surface area contributed by atoms with Gasteiger partial charge in [-0.1, -0.05) is 29.3 Å². The van der Waals surface area contributed by atoms with Gasteiger partial charge in [0.05, 0.1) is 56.6 Å². The number of anilines is 3. The third kappa shape index (κ3) is 5.07. The standard InChI is InChI=1S/C29H24Cl2FN9/c1-16(2)41-14-25(38-39-41)29(20-4-3-7-40-15-34-13-26(20)40)37-19-8-21-27(36-18-5-6-24(32)22(30)9-18)17(11-33)12-35-28(21)23(31)10-19/h3-10,12-16,29,37-39H,1-2H3,(H,35,36)/t29-/m0/s1. The Kier molecular flexibility index (Phi) is 7.01. The molecule has 0 fully saturated rings. The summed E-state index contributed by atoms with van der Waals surface area (Å²) in [4.78, 5) is 8.77. The number of hydrogen-bond acceptors (Lipinski definition) is 8. The minimum Gasteiger partial charge on any atom is -0.373 e. The van der Waals surface area contributed by atoms with Gasteiger partial charge in [0, 0.05) is 47.0 Å². The molecule has 41 heavy (non-hydrogen) atoms. The summed E-state index contributed by atoms with van der Waals surface area (Å²) in [5.74, 6) is -0.536. The molecule has 206 valence electrons. The Morgan fingerprint density at radius 2 is 1.90 bits per heavy atom. The van der Waals surface area contributed by atoms with Crippen molar-refractivity contribution in [3.8, 4) is 6.07 Å². The second-order valence-electron chi connectivity index (χ2n) is 9.82. The fourth-order valence-corrected chi connectivity index (χ4v) is 5.20. The first-order valence-corrected chi connectivity index (χ1v) is 13.5. The summed E-state index contributed by atoms with van der Waals surface area (Å²) in [7, 11) is 0. The van der Waals surface area contributed by atoms with Crippen LogP contribution in [-0.4, -0.2) is 25.4 Å². The van der Waals surface area contributed by atoms with Crippen LogP contribution in [0, 0.1) is 17.1 Å². The Morgan fingerprint density at radius 3 is 2.66 bits per heavy atom. The van der Waals surface area contributed by atoms with E-state index in [-0.39, 0.29) is 17.1 Å². The van der Waals surface area contributed by atoms with E-state index in [0.717, 1.165) is 16.8 Å². The van der Waals surface area contributed by atoms with Crippen LogP contribution in [-0.2, 0) is 0 Å². The normalized spacial score (nSPS) is 13.8. The third-order valence-corrected chi connectivity index (χ3v) is 7.39. The zero-order chi connectivity index (χ0) is 28.7. The molecule has 0 spiro atoms. The van der Waals surface area contributed by atoms with Crippen LogP contribution in [0.4, 0.5) is 21.5 Å². The van der Waals surface area contributed by atoms with Gasteiger partial charge in [0.15, 0.2) is 0 Å². The predicted octanol–water partition coefficient (Wildman–Crippen LogP) is 6.67. The van der Waals surface area contributed by atoms with Crippen LogP contribution in [0.3, 0.4) is 0 Å². The molecular formula is C29H24Cl2FN9. The second-order valence-corrected chi connectivity index (χ2v) is 10.6. The highest BCUT2D eigenvalue weighted by Gasteiger charge is 2.26. The number of hydrogen-bond donors (Lipinski definition) is 4. The molecular weight excluding hydrogens is 564 g/mol. The molecule has 0 radical (unpaired) electrons. The number of fused-ring (bicyclic) bond motifs is 2. The topological polar surface area (TPSA) is 105 Å². The summed E-state index contributed by atoms with van der Waals surface area (Å²) in [5.41, 5.74) is 11.8. The van der Waals surface area contributed by atoms with Crippen molar-refractivity contribution in [3.63, 3.8) is 0 Å². The number of aromatic nitrogens is 3. The molecule has 3 aromatic heterocycles. The van der Waals surface area contributed by atoms with Gasteiger partial charge in [-0.25, -0.2) is 9.37 Å². The molecule has 0 amide bonds. The molecule has 1 atom stereocenters. The molecule has 0 saturated heterocycles. The first-order valence-electron chi connectivity index (χ1n) is 12.8. The minimum atomic E-state index is -0.536. The molecule has 4 heterocycles. The number of nitrogens with one attached hydrogen (secondary N) is 4. The van der Waals surface area contributed by atoms with Crippen molar-refractivity contribution < 1.29 is 4.39 Å². The quantitative estimate of drug-likeness (QED) is 0.167. The maximum atomic E-state index is 13.8. The van der Waals surface area contributed by atoms with E-state index in [0.29, 0.717) is 38.6 Å². The SMILES string of the molecule is CC(C)N1C=C([C@@H](Nc2cc(Cl)c3ncc(C#N)c(Nc4ccc(F)c(Cl)c4)c3c2)c2cccn3cncc23)NN1. The smallest absolute Gasteiger partial charge is 0.141 e. The number of nitriles is 1. The summed E-state index contributed by atoms with van der Waals surface area (Å²) in [5, 5.41) is 19.7. The van der Waals surface area contributed by atoms with Crippen molar-refractivity contribution in [2.24, 2.45) is 0 Å². The molecule has 5 aromatic rings. The zero-order valence-electron chi connectivity index (χ0n) is 22.0. The number of nitrogens with zero attached hydrogens (tertiary/aromatic N) is 5. The fourth-order valence-electron chi connectivity index (χ4n) is 4.75. The molecule has 12 heteroatoms. The van der Waals surface area contributed by atoms with Gasteiger partial charge in [0.25, 0.3) is 0 Å². The van der Waals surface area contributed by atoms with Gasteiger partial charge in [-0.3, -0.25) is 9.99 Å². The molecule has 0 aliphatic carbocycles. The number of imidazole rings is 1. The Labute approximate surface area is 245 Å². The molecule has 0 bridgehead atoms. The summed E-state index contributed by atoms with van der Waals surface area (Å²) >= 11 is 12.8. The monoisotopic (exact) mass is 587 g/mol. The van der Waals surface area contributed by atoms with Crippen LogP contribution in [0.15, 0.2) is 79.3 Å². The Balaban J connectivity index is 1.47. The van der Waals surface area contributed by atoms with Crippen LogP contribution >= 0.6 is 23.2 Å². The van der Waals surface area contributed by atoms with Gasteiger partial charge < -0.3 is 20.5 Å². The van der Waals surface area contributed by atoms with Gasteiger partial charge in [0.2, 0.25) is 0 Å². The first kappa shape index (κ1) is 26.7. The largest absolute Gasteiger partial charge is 0.373 e. The highest BCUT2D eigenvalue weighted by molar-refractivity contribution is 6.36. The van der Waals surface area contributed by atoms with Crippen molar-refractivity contribution >= 4 is 56.7 Å². The van der Waals surface area contributed by atoms with Crippen LogP contribution < -0.4 is 21.6 Å². The number of halogens is 3. The van der Waals surface area contributed by atoms with E-state index in [1.165, 1.54) is 18.3 Å². The minimum absolute atomic E-state index is 0.0365. The van der Waals surface area contributed by atoms with Crippen molar-refractivity contribution in [1.29, 1.82) is 5.26 Å². The molecule has 0 saturated carbocycles. The number of benzene rings is 2. The van der Waals surface area contributed by atoms with Gasteiger partial charge >= 0.3 is 0 Å². The fraction of sp³-hybridized carbons (Fsp3) is 0.138. The van der Waals surface area contributed by atoms with Crippen LogP contribution in [0.5, 0.6) is 0 Å². The number of hydrazine groups is 2. The zero-order valence-corrected chi connectivity index (χ0v) is 23.5. The van der Waals surface area contributed by atoms with E-state index < -0.39 is 5.82 Å². The molecule has 1 aliphatic heterocycles. The molecule has 0 unspecified atom stereocenters. The molecule has 6 rings (SSSR count). The van der Waals surface area contributed by atoms with E-state index in [4.69, 9.17) is 23.2 Å². The van der Waals surface area contributed by atoms with Gasteiger partial charge in [-0.05, 0) is 50.2 Å². The van der Waals surface area contributed by atoms with E-state index in [1.807, 2.05) is 46.2 Å². The maximum Gasteiger partial charge on any atom is 0.141 e. The number of pyridine rings is 2. The van der Waals surface area contributed by atoms with E-state index in [1.54, 1.807) is 18.5 Å². The van der Waals surface area contributed by atoms with Crippen LogP contribution in [0.25, 0.3) is 16.4 Å². The van der Waals surface area contributed by atoms with E-state index in [9.17, 15) is 9.65 Å². The van der Waals surface area contributed by atoms with Crippen molar-refractivity contribution in [2.75, 3.05) is 10.6 Å². The van der Waals surface area contributed by atoms with Gasteiger partial charge in [0.1, 0.15) is 11.9 Å². The highest BCUT2D eigenvalue weighted by atomic mass is 35.5. The molecule has 2 aromatic carbocycles.